The van der Waals surface area contributed by atoms with E-state index in [-0.39, 0.29) is 0 Å². The van der Waals surface area contributed by atoms with Crippen LogP contribution in [-0.4, -0.2) is 6.04 Å². The Kier molecular flexibility index (Phi) is 5.87. The third kappa shape index (κ3) is 3.95. The molecule has 1 saturated carbocycles. The van der Waals surface area contributed by atoms with Crippen molar-refractivity contribution >= 4 is 22.6 Å². The molecule has 20 heavy (non-hydrogen) atoms. The SMILES string of the molecule is CC(C)CC1(C(Cc2ccc(I)cc2)NN)CCCC1. The van der Waals surface area contributed by atoms with Gasteiger partial charge < -0.3 is 0 Å². The summed E-state index contributed by atoms with van der Waals surface area (Å²) in [5.41, 5.74) is 4.94. The van der Waals surface area contributed by atoms with Crippen molar-refractivity contribution in [2.45, 2.75) is 58.4 Å². The highest BCUT2D eigenvalue weighted by Gasteiger charge is 2.40. The van der Waals surface area contributed by atoms with Gasteiger partial charge in [-0.15, -0.1) is 0 Å². The number of nitrogens with one attached hydrogen (secondary N) is 1. The summed E-state index contributed by atoms with van der Waals surface area (Å²) in [4.78, 5) is 0. The van der Waals surface area contributed by atoms with Crippen LogP contribution in [0, 0.1) is 14.9 Å². The standard InChI is InChI=1S/C17H27IN2/c1-13(2)12-17(9-3-4-10-17)16(20-19)11-14-5-7-15(18)8-6-14/h5-8,13,16,20H,3-4,9-12,19H2,1-2H3. The number of hydrogen-bond acceptors (Lipinski definition) is 2. The molecule has 1 aliphatic rings. The van der Waals surface area contributed by atoms with Gasteiger partial charge in [0.1, 0.15) is 0 Å². The van der Waals surface area contributed by atoms with Crippen LogP contribution in [0.5, 0.6) is 0 Å². The molecule has 1 fully saturated rings. The van der Waals surface area contributed by atoms with Crippen LogP contribution in [0.25, 0.3) is 0 Å². The molecule has 2 rings (SSSR count). The van der Waals surface area contributed by atoms with Crippen LogP contribution < -0.4 is 11.3 Å². The average molecular weight is 386 g/mol. The summed E-state index contributed by atoms with van der Waals surface area (Å²) in [6, 6.07) is 9.25. The first-order valence-corrected chi connectivity index (χ1v) is 8.84. The van der Waals surface area contributed by atoms with Gasteiger partial charge >= 0.3 is 0 Å². The van der Waals surface area contributed by atoms with Gasteiger partial charge in [0.05, 0.1) is 0 Å². The smallest absolute Gasteiger partial charge is 0.0307 e. The Morgan fingerprint density at radius 3 is 2.30 bits per heavy atom. The summed E-state index contributed by atoms with van der Waals surface area (Å²) < 4.78 is 1.29. The molecule has 0 spiro atoms. The largest absolute Gasteiger partial charge is 0.271 e. The Balaban J connectivity index is 2.14. The number of rotatable bonds is 6. The lowest BCUT2D eigenvalue weighted by molar-refractivity contribution is 0.154. The van der Waals surface area contributed by atoms with Crippen LogP contribution in [0.2, 0.25) is 0 Å². The van der Waals surface area contributed by atoms with E-state index in [9.17, 15) is 0 Å². The molecule has 1 aliphatic carbocycles. The summed E-state index contributed by atoms with van der Waals surface area (Å²) in [7, 11) is 0. The first kappa shape index (κ1) is 16.2. The van der Waals surface area contributed by atoms with Gasteiger partial charge in [0, 0.05) is 9.61 Å². The first-order chi connectivity index (χ1) is 9.55. The quantitative estimate of drug-likeness (QED) is 0.435. The van der Waals surface area contributed by atoms with Crippen molar-refractivity contribution in [3.63, 3.8) is 0 Å². The van der Waals surface area contributed by atoms with E-state index < -0.39 is 0 Å². The molecular weight excluding hydrogens is 359 g/mol. The highest BCUT2D eigenvalue weighted by Crippen LogP contribution is 2.46. The van der Waals surface area contributed by atoms with Crippen molar-refractivity contribution in [2.24, 2.45) is 17.2 Å². The van der Waals surface area contributed by atoms with E-state index in [1.807, 2.05) is 0 Å². The van der Waals surface area contributed by atoms with Crippen molar-refractivity contribution in [2.75, 3.05) is 0 Å². The predicted molar refractivity (Wildman–Crippen MR) is 94.3 cm³/mol. The van der Waals surface area contributed by atoms with Gasteiger partial charge in [0.15, 0.2) is 0 Å². The fourth-order valence-corrected chi connectivity index (χ4v) is 4.26. The lowest BCUT2D eigenvalue weighted by atomic mass is 9.71. The molecule has 3 N–H and O–H groups in total. The van der Waals surface area contributed by atoms with E-state index in [0.717, 1.165) is 12.3 Å². The monoisotopic (exact) mass is 386 g/mol. The first-order valence-electron chi connectivity index (χ1n) is 7.76. The van der Waals surface area contributed by atoms with Crippen LogP contribution in [0.3, 0.4) is 0 Å². The van der Waals surface area contributed by atoms with Gasteiger partial charge in [0.2, 0.25) is 0 Å². The lowest BCUT2D eigenvalue weighted by Crippen LogP contribution is -2.49. The van der Waals surface area contributed by atoms with Crippen LogP contribution in [0.15, 0.2) is 24.3 Å². The molecule has 112 valence electrons. The highest BCUT2D eigenvalue weighted by atomic mass is 127. The van der Waals surface area contributed by atoms with Crippen LogP contribution in [0.4, 0.5) is 0 Å². The Bertz CT molecular complexity index is 408. The van der Waals surface area contributed by atoms with Crippen LogP contribution in [0.1, 0.15) is 51.5 Å². The summed E-state index contributed by atoms with van der Waals surface area (Å²) in [5, 5.41) is 0. The van der Waals surface area contributed by atoms with Crippen LogP contribution >= 0.6 is 22.6 Å². The number of nitrogens with two attached hydrogens (primary N) is 1. The second-order valence-corrected chi connectivity index (χ2v) is 7.96. The molecule has 1 atom stereocenters. The van der Waals surface area contributed by atoms with Gasteiger partial charge in [0.25, 0.3) is 0 Å². The number of hydrazine groups is 1. The second kappa shape index (κ2) is 7.23. The molecular formula is C17H27IN2. The Morgan fingerprint density at radius 1 is 1.20 bits per heavy atom. The zero-order valence-electron chi connectivity index (χ0n) is 12.7. The summed E-state index contributed by atoms with van der Waals surface area (Å²) in [6.45, 7) is 4.66. The maximum atomic E-state index is 5.94. The maximum Gasteiger partial charge on any atom is 0.0307 e. The molecule has 0 radical (unpaired) electrons. The minimum Gasteiger partial charge on any atom is -0.271 e. The molecule has 1 aromatic carbocycles. The Hall–Kier alpha value is -0.130. The molecule has 0 saturated heterocycles. The fraction of sp³-hybridized carbons (Fsp3) is 0.647. The van der Waals surface area contributed by atoms with E-state index in [4.69, 9.17) is 5.84 Å². The zero-order valence-corrected chi connectivity index (χ0v) is 14.8. The van der Waals surface area contributed by atoms with Gasteiger partial charge in [-0.05, 0) is 77.3 Å². The minimum absolute atomic E-state index is 0.395. The number of halogens is 1. The molecule has 0 amide bonds. The average Bonchev–Trinajstić information content (AvgIpc) is 2.86. The van der Waals surface area contributed by atoms with E-state index in [2.05, 4.69) is 66.1 Å². The lowest BCUT2D eigenvalue weighted by Gasteiger charge is -2.39. The zero-order chi connectivity index (χ0) is 14.6. The predicted octanol–water partition coefficient (Wildman–Crippen LogP) is 4.27. The maximum absolute atomic E-state index is 5.94. The summed E-state index contributed by atoms with van der Waals surface area (Å²) in [5.74, 6) is 6.68. The molecule has 1 aromatic rings. The topological polar surface area (TPSA) is 38.0 Å². The summed E-state index contributed by atoms with van der Waals surface area (Å²) >= 11 is 2.36. The molecule has 0 bridgehead atoms. The minimum atomic E-state index is 0.395. The van der Waals surface area contributed by atoms with Gasteiger partial charge in [-0.25, -0.2) is 0 Å². The van der Waals surface area contributed by atoms with Gasteiger partial charge in [-0.2, -0.15) is 0 Å². The normalized spacial score (nSPS) is 19.4. The van der Waals surface area contributed by atoms with E-state index >= 15 is 0 Å². The number of hydrogen-bond donors (Lipinski definition) is 2. The molecule has 0 heterocycles. The Labute approximate surface area is 137 Å². The third-order valence-corrected chi connectivity index (χ3v) is 5.43. The van der Waals surface area contributed by atoms with Crippen molar-refractivity contribution in [3.8, 4) is 0 Å². The van der Waals surface area contributed by atoms with Crippen molar-refractivity contribution < 1.29 is 0 Å². The number of benzene rings is 1. The van der Waals surface area contributed by atoms with Crippen molar-refractivity contribution in [3.05, 3.63) is 33.4 Å². The second-order valence-electron chi connectivity index (χ2n) is 6.72. The summed E-state index contributed by atoms with van der Waals surface area (Å²) in [6.07, 6.45) is 7.69. The van der Waals surface area contributed by atoms with Crippen LogP contribution in [-0.2, 0) is 6.42 Å². The third-order valence-electron chi connectivity index (χ3n) is 4.71. The molecule has 0 aliphatic heterocycles. The molecule has 0 aromatic heterocycles. The van der Waals surface area contributed by atoms with Gasteiger partial charge in [-0.1, -0.05) is 38.8 Å². The van der Waals surface area contributed by atoms with Gasteiger partial charge in [-0.3, -0.25) is 11.3 Å². The fourth-order valence-electron chi connectivity index (χ4n) is 3.90. The molecule has 1 unspecified atom stereocenters. The van der Waals surface area contributed by atoms with E-state index in [1.54, 1.807) is 0 Å². The molecule has 2 nitrogen and oxygen atoms in total. The van der Waals surface area contributed by atoms with E-state index in [1.165, 1.54) is 41.2 Å². The van der Waals surface area contributed by atoms with Crippen molar-refractivity contribution in [1.29, 1.82) is 0 Å². The highest BCUT2D eigenvalue weighted by molar-refractivity contribution is 14.1. The Morgan fingerprint density at radius 2 is 1.80 bits per heavy atom. The van der Waals surface area contributed by atoms with Crippen molar-refractivity contribution in [1.82, 2.24) is 5.43 Å². The van der Waals surface area contributed by atoms with E-state index in [0.29, 0.717) is 11.5 Å². The molecule has 3 heteroatoms.